The average Bonchev–Trinajstić information content (AvgIpc) is 3.06. The van der Waals surface area contributed by atoms with Gasteiger partial charge in [-0.05, 0) is 48.3 Å². The van der Waals surface area contributed by atoms with E-state index in [2.05, 4.69) is 35.8 Å². The van der Waals surface area contributed by atoms with Crippen molar-refractivity contribution in [3.63, 3.8) is 0 Å². The molecule has 0 bridgehead atoms. The Morgan fingerprint density at radius 1 is 1.17 bits per heavy atom. The lowest BCUT2D eigenvalue weighted by molar-refractivity contribution is -0.126. The van der Waals surface area contributed by atoms with Gasteiger partial charge in [-0.25, -0.2) is 0 Å². The first-order valence-corrected chi connectivity index (χ1v) is 9.35. The van der Waals surface area contributed by atoms with Crippen LogP contribution in [-0.2, 0) is 24.4 Å². The summed E-state index contributed by atoms with van der Waals surface area (Å²) in [5.41, 5.74) is 4.00. The summed E-state index contributed by atoms with van der Waals surface area (Å²) in [7, 11) is 0. The van der Waals surface area contributed by atoms with Gasteiger partial charge in [0.25, 0.3) is 0 Å². The Morgan fingerprint density at radius 2 is 1.96 bits per heavy atom. The molecule has 1 fully saturated rings. The largest absolute Gasteiger partial charge is 0.352 e. The smallest absolute Gasteiger partial charge is 0.223 e. The van der Waals surface area contributed by atoms with E-state index >= 15 is 0 Å². The molecule has 0 aromatic heterocycles. The standard InChI is InChI=1S/C20H30N2O/c1-2-3-4-15-5-8-17(9-6-15)20(23)22-12-16-7-10-18-13-21-14-19(18)11-16/h7,10-11,15,17,21H,2-6,8-9,12-14H2,1H3,(H,22,23). The Kier molecular flexibility index (Phi) is 5.71. The topological polar surface area (TPSA) is 41.1 Å². The highest BCUT2D eigenvalue weighted by atomic mass is 16.1. The van der Waals surface area contributed by atoms with Crippen LogP contribution in [0.4, 0.5) is 0 Å². The van der Waals surface area contributed by atoms with Crippen LogP contribution in [0.5, 0.6) is 0 Å². The number of hydrogen-bond acceptors (Lipinski definition) is 2. The van der Waals surface area contributed by atoms with Gasteiger partial charge in [0, 0.05) is 25.6 Å². The summed E-state index contributed by atoms with van der Waals surface area (Å²) in [6.45, 7) is 4.86. The molecule has 126 valence electrons. The molecule has 1 aliphatic heterocycles. The fourth-order valence-electron chi connectivity index (χ4n) is 4.00. The van der Waals surface area contributed by atoms with E-state index in [0.29, 0.717) is 6.54 Å². The van der Waals surface area contributed by atoms with E-state index in [4.69, 9.17) is 0 Å². The fourth-order valence-corrected chi connectivity index (χ4v) is 4.00. The first-order chi connectivity index (χ1) is 11.3. The predicted octanol–water partition coefficient (Wildman–Crippen LogP) is 3.90. The minimum Gasteiger partial charge on any atom is -0.352 e. The molecule has 0 radical (unpaired) electrons. The Bertz CT molecular complexity index is 532. The zero-order chi connectivity index (χ0) is 16.1. The van der Waals surface area contributed by atoms with E-state index in [9.17, 15) is 4.79 Å². The second-order valence-electron chi connectivity index (χ2n) is 7.28. The van der Waals surface area contributed by atoms with E-state index in [1.807, 2.05) is 0 Å². The molecule has 1 heterocycles. The number of rotatable bonds is 6. The summed E-state index contributed by atoms with van der Waals surface area (Å²) in [6, 6.07) is 6.57. The molecule has 1 amide bonds. The van der Waals surface area contributed by atoms with Gasteiger partial charge in [0.15, 0.2) is 0 Å². The van der Waals surface area contributed by atoms with Crippen molar-refractivity contribution in [1.29, 1.82) is 0 Å². The first-order valence-electron chi connectivity index (χ1n) is 9.35. The monoisotopic (exact) mass is 314 g/mol. The number of hydrogen-bond donors (Lipinski definition) is 2. The van der Waals surface area contributed by atoms with E-state index in [1.165, 1.54) is 48.8 Å². The van der Waals surface area contributed by atoms with Crippen LogP contribution in [0.2, 0.25) is 0 Å². The van der Waals surface area contributed by atoms with Gasteiger partial charge in [0.1, 0.15) is 0 Å². The summed E-state index contributed by atoms with van der Waals surface area (Å²) >= 11 is 0. The molecule has 1 aliphatic carbocycles. The Hall–Kier alpha value is -1.35. The van der Waals surface area contributed by atoms with Crippen LogP contribution in [0, 0.1) is 11.8 Å². The molecule has 0 atom stereocenters. The third-order valence-electron chi connectivity index (χ3n) is 5.55. The second kappa shape index (κ2) is 7.96. The van der Waals surface area contributed by atoms with Gasteiger partial charge in [0.2, 0.25) is 5.91 Å². The number of unbranched alkanes of at least 4 members (excludes halogenated alkanes) is 1. The SMILES string of the molecule is CCCCC1CCC(C(=O)NCc2ccc3c(c2)CNC3)CC1. The minimum atomic E-state index is 0.240. The zero-order valence-corrected chi connectivity index (χ0v) is 14.4. The van der Waals surface area contributed by atoms with Crippen molar-refractivity contribution in [2.45, 2.75) is 71.5 Å². The summed E-state index contributed by atoms with van der Waals surface area (Å²) < 4.78 is 0. The zero-order valence-electron chi connectivity index (χ0n) is 14.4. The number of carbonyl (C=O) groups is 1. The van der Waals surface area contributed by atoms with Gasteiger partial charge >= 0.3 is 0 Å². The molecular formula is C20H30N2O. The van der Waals surface area contributed by atoms with Crippen LogP contribution in [0.25, 0.3) is 0 Å². The molecular weight excluding hydrogens is 284 g/mol. The summed E-state index contributed by atoms with van der Waals surface area (Å²) in [6.07, 6.45) is 8.62. The maximum Gasteiger partial charge on any atom is 0.223 e. The van der Waals surface area contributed by atoms with Crippen LogP contribution in [0.3, 0.4) is 0 Å². The molecule has 0 spiro atoms. The maximum atomic E-state index is 12.4. The molecule has 1 aromatic rings. The van der Waals surface area contributed by atoms with Crippen molar-refractivity contribution >= 4 is 5.91 Å². The number of nitrogens with one attached hydrogen (secondary N) is 2. The van der Waals surface area contributed by atoms with Crippen molar-refractivity contribution in [1.82, 2.24) is 10.6 Å². The predicted molar refractivity (Wildman–Crippen MR) is 93.8 cm³/mol. The molecule has 0 unspecified atom stereocenters. The van der Waals surface area contributed by atoms with Gasteiger partial charge in [-0.15, -0.1) is 0 Å². The third kappa shape index (κ3) is 4.35. The van der Waals surface area contributed by atoms with Crippen molar-refractivity contribution in [3.8, 4) is 0 Å². The van der Waals surface area contributed by atoms with Crippen molar-refractivity contribution < 1.29 is 4.79 Å². The fraction of sp³-hybridized carbons (Fsp3) is 0.650. The summed E-state index contributed by atoms with van der Waals surface area (Å²) in [4.78, 5) is 12.4. The van der Waals surface area contributed by atoms with Crippen molar-refractivity contribution in [2.75, 3.05) is 0 Å². The summed E-state index contributed by atoms with van der Waals surface area (Å²) in [5.74, 6) is 1.37. The Labute approximate surface area is 140 Å². The average molecular weight is 314 g/mol. The summed E-state index contributed by atoms with van der Waals surface area (Å²) in [5, 5.41) is 6.52. The number of amides is 1. The quantitative estimate of drug-likeness (QED) is 0.836. The molecule has 3 rings (SSSR count). The normalized spacial score (nSPS) is 23.5. The first kappa shape index (κ1) is 16.5. The molecule has 3 nitrogen and oxygen atoms in total. The molecule has 2 aliphatic rings. The third-order valence-corrected chi connectivity index (χ3v) is 5.55. The highest BCUT2D eigenvalue weighted by Gasteiger charge is 2.25. The van der Waals surface area contributed by atoms with Crippen LogP contribution >= 0.6 is 0 Å². The molecule has 0 saturated heterocycles. The van der Waals surface area contributed by atoms with E-state index in [1.54, 1.807) is 0 Å². The van der Waals surface area contributed by atoms with Crippen LogP contribution in [0.15, 0.2) is 18.2 Å². The lowest BCUT2D eigenvalue weighted by Gasteiger charge is -2.27. The molecule has 1 saturated carbocycles. The lowest BCUT2D eigenvalue weighted by atomic mass is 9.79. The van der Waals surface area contributed by atoms with E-state index in [0.717, 1.165) is 31.8 Å². The molecule has 23 heavy (non-hydrogen) atoms. The van der Waals surface area contributed by atoms with E-state index in [-0.39, 0.29) is 11.8 Å². The van der Waals surface area contributed by atoms with Crippen LogP contribution < -0.4 is 10.6 Å². The van der Waals surface area contributed by atoms with Crippen LogP contribution in [0.1, 0.15) is 68.6 Å². The molecule has 3 heteroatoms. The van der Waals surface area contributed by atoms with Gasteiger partial charge in [-0.1, -0.05) is 44.4 Å². The maximum absolute atomic E-state index is 12.4. The van der Waals surface area contributed by atoms with Gasteiger partial charge in [-0.2, -0.15) is 0 Å². The van der Waals surface area contributed by atoms with Crippen LogP contribution in [-0.4, -0.2) is 5.91 Å². The highest BCUT2D eigenvalue weighted by molar-refractivity contribution is 5.78. The number of carbonyl (C=O) groups excluding carboxylic acids is 1. The highest BCUT2D eigenvalue weighted by Crippen LogP contribution is 2.32. The molecule has 1 aromatic carbocycles. The van der Waals surface area contributed by atoms with Gasteiger partial charge < -0.3 is 10.6 Å². The Morgan fingerprint density at radius 3 is 2.74 bits per heavy atom. The van der Waals surface area contributed by atoms with Gasteiger partial charge in [0.05, 0.1) is 0 Å². The lowest BCUT2D eigenvalue weighted by Crippen LogP contribution is -2.32. The minimum absolute atomic E-state index is 0.240. The Balaban J connectivity index is 1.43. The van der Waals surface area contributed by atoms with Gasteiger partial charge in [-0.3, -0.25) is 4.79 Å². The van der Waals surface area contributed by atoms with Crippen molar-refractivity contribution in [2.24, 2.45) is 11.8 Å². The molecule has 2 N–H and O–H groups in total. The van der Waals surface area contributed by atoms with Crippen molar-refractivity contribution in [3.05, 3.63) is 34.9 Å². The number of fused-ring (bicyclic) bond motifs is 1. The second-order valence-corrected chi connectivity index (χ2v) is 7.28. The number of benzene rings is 1. The van der Waals surface area contributed by atoms with E-state index < -0.39 is 0 Å².